The van der Waals surface area contributed by atoms with Crippen molar-refractivity contribution < 1.29 is 14.5 Å². The molecule has 0 spiro atoms. The summed E-state index contributed by atoms with van der Waals surface area (Å²) in [6.07, 6.45) is 0. The first-order valence-electron chi connectivity index (χ1n) is 8.24. The summed E-state index contributed by atoms with van der Waals surface area (Å²) in [6, 6.07) is 23.4. The summed E-state index contributed by atoms with van der Waals surface area (Å²) in [5, 5.41) is 11.5. The first-order valence-corrected chi connectivity index (χ1v) is 9.06. The predicted octanol–water partition coefficient (Wildman–Crippen LogP) is 5.05. The van der Waals surface area contributed by atoms with Crippen LogP contribution in [-0.4, -0.2) is 18.0 Å². The first-order chi connectivity index (χ1) is 13.1. The van der Waals surface area contributed by atoms with Gasteiger partial charge in [0.15, 0.2) is 0 Å². The maximum absolute atomic E-state index is 12.4. The number of esters is 1. The largest absolute Gasteiger partial charge is 0.468 e. The molecule has 0 aliphatic carbocycles. The van der Waals surface area contributed by atoms with Gasteiger partial charge >= 0.3 is 5.97 Å². The second-order valence-electron chi connectivity index (χ2n) is 5.77. The lowest BCUT2D eigenvalue weighted by atomic mass is 9.91. The molecule has 0 radical (unpaired) electrons. The highest BCUT2D eigenvalue weighted by atomic mass is 32.2. The summed E-state index contributed by atoms with van der Waals surface area (Å²) in [6.45, 7) is 0. The summed E-state index contributed by atoms with van der Waals surface area (Å²) in [4.78, 5) is 24.8. The van der Waals surface area contributed by atoms with Crippen LogP contribution in [0.4, 0.5) is 5.69 Å². The lowest BCUT2D eigenvalue weighted by Crippen LogP contribution is -2.15. The van der Waals surface area contributed by atoms with E-state index >= 15 is 0 Å². The van der Waals surface area contributed by atoms with E-state index in [-0.39, 0.29) is 5.69 Å². The molecular formula is C21H17NO4S. The lowest BCUT2D eigenvalue weighted by molar-refractivity contribution is -0.387. The third-order valence-corrected chi connectivity index (χ3v) is 5.11. The van der Waals surface area contributed by atoms with Crippen molar-refractivity contribution in [3.63, 3.8) is 0 Å². The molecule has 3 aromatic carbocycles. The number of nitrogens with zero attached hydrogens (tertiary/aromatic N) is 1. The molecule has 0 aromatic heterocycles. The molecule has 5 nitrogen and oxygen atoms in total. The van der Waals surface area contributed by atoms with Crippen molar-refractivity contribution in [1.82, 2.24) is 0 Å². The average molecular weight is 379 g/mol. The van der Waals surface area contributed by atoms with E-state index in [1.807, 2.05) is 60.7 Å². The van der Waals surface area contributed by atoms with Crippen LogP contribution in [0.2, 0.25) is 0 Å². The Bertz CT molecular complexity index is 945. The molecule has 27 heavy (non-hydrogen) atoms. The van der Waals surface area contributed by atoms with Gasteiger partial charge in [0.25, 0.3) is 5.69 Å². The fourth-order valence-electron chi connectivity index (χ4n) is 2.79. The molecule has 6 heteroatoms. The van der Waals surface area contributed by atoms with Gasteiger partial charge in [0.05, 0.1) is 16.9 Å². The zero-order chi connectivity index (χ0) is 19.2. The summed E-state index contributed by atoms with van der Waals surface area (Å²) < 4.78 is 4.98. The second-order valence-corrected chi connectivity index (χ2v) is 6.88. The number of carbonyl (C=O) groups excluding carboxylic acids is 1. The highest BCUT2D eigenvalue weighted by Crippen LogP contribution is 2.38. The van der Waals surface area contributed by atoms with Crippen LogP contribution in [0, 0.1) is 10.1 Å². The number of nitro groups is 1. The van der Waals surface area contributed by atoms with Crippen LogP contribution in [0.1, 0.15) is 17.0 Å². The fourth-order valence-corrected chi connectivity index (χ4v) is 3.78. The Kier molecular flexibility index (Phi) is 5.88. The number of benzene rings is 3. The van der Waals surface area contributed by atoms with Gasteiger partial charge in [0, 0.05) is 11.0 Å². The van der Waals surface area contributed by atoms with Crippen LogP contribution in [-0.2, 0) is 9.53 Å². The van der Waals surface area contributed by atoms with Crippen molar-refractivity contribution in [1.29, 1.82) is 0 Å². The molecule has 0 N–H and O–H groups in total. The van der Waals surface area contributed by atoms with E-state index in [1.54, 1.807) is 12.1 Å². The van der Waals surface area contributed by atoms with Crippen molar-refractivity contribution in [3.05, 3.63) is 100 Å². The van der Waals surface area contributed by atoms with Gasteiger partial charge in [-0.05, 0) is 29.3 Å². The Morgan fingerprint density at radius 3 is 2.19 bits per heavy atom. The molecule has 0 amide bonds. The van der Waals surface area contributed by atoms with Crippen LogP contribution < -0.4 is 0 Å². The van der Waals surface area contributed by atoms with E-state index in [0.717, 1.165) is 10.5 Å². The van der Waals surface area contributed by atoms with Crippen molar-refractivity contribution in [3.8, 4) is 0 Å². The Balaban J connectivity index is 2.07. The van der Waals surface area contributed by atoms with Crippen LogP contribution >= 0.6 is 11.8 Å². The van der Waals surface area contributed by atoms with E-state index in [9.17, 15) is 14.9 Å². The second kappa shape index (κ2) is 8.51. The molecule has 3 aromatic rings. The summed E-state index contributed by atoms with van der Waals surface area (Å²) in [5.41, 5.74) is 1.43. The molecular weight excluding hydrogens is 362 g/mol. The minimum atomic E-state index is -0.646. The number of methoxy groups -OCH3 is 1. The van der Waals surface area contributed by atoms with Gasteiger partial charge < -0.3 is 4.74 Å². The molecule has 0 saturated carbocycles. The number of hydrogen-bond acceptors (Lipinski definition) is 5. The third-order valence-electron chi connectivity index (χ3n) is 4.05. The van der Waals surface area contributed by atoms with E-state index in [2.05, 4.69) is 0 Å². The maximum Gasteiger partial charge on any atom is 0.317 e. The molecule has 0 aliphatic rings. The standard InChI is InChI=1S/C21H17NO4S/c1-26-21(23)20(15-8-4-2-5-9-15)16-12-13-18(22(24)25)19(14-16)27-17-10-6-3-7-11-17/h2-14,20H,1H3. The molecule has 1 atom stereocenters. The van der Waals surface area contributed by atoms with Gasteiger partial charge in [-0.3, -0.25) is 14.9 Å². The smallest absolute Gasteiger partial charge is 0.317 e. The quantitative estimate of drug-likeness (QED) is 0.340. The van der Waals surface area contributed by atoms with E-state index < -0.39 is 16.8 Å². The molecule has 136 valence electrons. The molecule has 1 unspecified atom stereocenters. The number of ether oxygens (including phenoxy) is 1. The SMILES string of the molecule is COC(=O)C(c1ccccc1)c1ccc([N+](=O)[O-])c(Sc2ccccc2)c1. The molecule has 0 fully saturated rings. The third kappa shape index (κ3) is 4.35. The maximum atomic E-state index is 12.4. The molecule has 3 rings (SSSR count). The summed E-state index contributed by atoms with van der Waals surface area (Å²) in [5.74, 6) is -1.06. The van der Waals surface area contributed by atoms with Crippen LogP contribution in [0.25, 0.3) is 0 Å². The monoisotopic (exact) mass is 379 g/mol. The lowest BCUT2D eigenvalue weighted by Gasteiger charge is -2.16. The average Bonchev–Trinajstić information content (AvgIpc) is 2.69. The number of hydrogen-bond donors (Lipinski definition) is 0. The topological polar surface area (TPSA) is 69.4 Å². The zero-order valence-electron chi connectivity index (χ0n) is 14.6. The van der Waals surface area contributed by atoms with Crippen molar-refractivity contribution in [2.24, 2.45) is 0 Å². The van der Waals surface area contributed by atoms with Gasteiger partial charge in [0.1, 0.15) is 5.92 Å². The fraction of sp³-hybridized carbons (Fsp3) is 0.0952. The van der Waals surface area contributed by atoms with Gasteiger partial charge in [0.2, 0.25) is 0 Å². The van der Waals surface area contributed by atoms with Crippen molar-refractivity contribution >= 4 is 23.4 Å². The van der Waals surface area contributed by atoms with E-state index in [1.165, 1.54) is 24.9 Å². The predicted molar refractivity (Wildman–Crippen MR) is 104 cm³/mol. The van der Waals surface area contributed by atoms with E-state index in [4.69, 9.17) is 4.74 Å². The van der Waals surface area contributed by atoms with Gasteiger partial charge in [-0.15, -0.1) is 0 Å². The molecule has 0 bridgehead atoms. The molecule has 0 aliphatic heterocycles. The van der Waals surface area contributed by atoms with Gasteiger partial charge in [-0.25, -0.2) is 0 Å². The van der Waals surface area contributed by atoms with Crippen molar-refractivity contribution in [2.45, 2.75) is 15.7 Å². The zero-order valence-corrected chi connectivity index (χ0v) is 15.4. The van der Waals surface area contributed by atoms with Gasteiger partial charge in [-0.1, -0.05) is 66.4 Å². The normalized spacial score (nSPS) is 11.6. The number of rotatable bonds is 6. The number of carbonyl (C=O) groups is 1. The van der Waals surface area contributed by atoms with Crippen LogP contribution in [0.3, 0.4) is 0 Å². The highest BCUT2D eigenvalue weighted by Gasteiger charge is 2.26. The molecule has 0 heterocycles. The number of nitro benzene ring substituents is 1. The summed E-state index contributed by atoms with van der Waals surface area (Å²) in [7, 11) is 1.34. The highest BCUT2D eigenvalue weighted by molar-refractivity contribution is 7.99. The first kappa shape index (κ1) is 18.7. The Morgan fingerprint density at radius 2 is 1.59 bits per heavy atom. The Hall–Kier alpha value is -3.12. The summed E-state index contributed by atoms with van der Waals surface area (Å²) >= 11 is 1.29. The van der Waals surface area contributed by atoms with Crippen LogP contribution in [0.15, 0.2) is 88.7 Å². The van der Waals surface area contributed by atoms with Crippen LogP contribution in [0.5, 0.6) is 0 Å². The minimum absolute atomic E-state index is 0.00396. The Morgan fingerprint density at radius 1 is 0.963 bits per heavy atom. The molecule has 0 saturated heterocycles. The van der Waals surface area contributed by atoms with E-state index in [0.29, 0.717) is 10.5 Å². The minimum Gasteiger partial charge on any atom is -0.468 e. The Labute approximate surface area is 161 Å². The van der Waals surface area contributed by atoms with Gasteiger partial charge in [-0.2, -0.15) is 0 Å². The van der Waals surface area contributed by atoms with Crippen molar-refractivity contribution in [2.75, 3.05) is 7.11 Å².